The average molecular weight is 185 g/mol. The Hall–Kier alpha value is -1.83. The van der Waals surface area contributed by atoms with Crippen LogP contribution in [0.2, 0.25) is 0 Å². The van der Waals surface area contributed by atoms with E-state index in [4.69, 9.17) is 4.74 Å². The van der Waals surface area contributed by atoms with E-state index < -0.39 is 0 Å². The van der Waals surface area contributed by atoms with E-state index in [-0.39, 0.29) is 0 Å². The number of rotatable bonds is 2. The lowest BCUT2D eigenvalue weighted by Gasteiger charge is -2.05. The highest BCUT2D eigenvalue weighted by Gasteiger charge is 2.02. The summed E-state index contributed by atoms with van der Waals surface area (Å²) in [4.78, 5) is 4.37. The summed E-state index contributed by atoms with van der Waals surface area (Å²) in [5.74, 6) is 0.624. The van der Waals surface area contributed by atoms with Gasteiger partial charge in [-0.2, -0.15) is 0 Å². The van der Waals surface area contributed by atoms with Crippen molar-refractivity contribution in [2.75, 3.05) is 7.11 Å². The Balaban J connectivity index is 2.75. The van der Waals surface area contributed by atoms with Gasteiger partial charge in [0.2, 0.25) is 5.88 Å². The Morgan fingerprint density at radius 1 is 1.36 bits per heavy atom. The Morgan fingerprint density at radius 3 is 2.86 bits per heavy atom. The largest absolute Gasteiger partial charge is 0.481 e. The molecule has 0 bridgehead atoms. The second-order valence-electron chi connectivity index (χ2n) is 2.98. The highest BCUT2D eigenvalue weighted by atomic mass is 16.5. The first kappa shape index (κ1) is 8.75. The predicted octanol–water partition coefficient (Wildman–Crippen LogP) is 2.89. The number of nitrogens with zero attached hydrogens (tertiary/aromatic N) is 1. The van der Waals surface area contributed by atoms with Crippen molar-refractivity contribution in [2.24, 2.45) is 0 Å². The number of hydrogen-bond donors (Lipinski definition) is 0. The van der Waals surface area contributed by atoms with E-state index in [0.29, 0.717) is 5.88 Å². The van der Waals surface area contributed by atoms with Crippen molar-refractivity contribution in [3.05, 3.63) is 42.5 Å². The third kappa shape index (κ3) is 1.35. The minimum Gasteiger partial charge on any atom is -0.481 e. The van der Waals surface area contributed by atoms with E-state index in [9.17, 15) is 0 Å². The van der Waals surface area contributed by atoms with Crippen LogP contribution in [0, 0.1) is 0 Å². The van der Waals surface area contributed by atoms with Gasteiger partial charge in [-0.15, -0.1) is 0 Å². The molecule has 0 radical (unpaired) electrons. The zero-order valence-corrected chi connectivity index (χ0v) is 8.03. The number of fused-ring (bicyclic) bond motifs is 1. The molecule has 2 aromatic rings. The summed E-state index contributed by atoms with van der Waals surface area (Å²) in [7, 11) is 1.62. The van der Waals surface area contributed by atoms with Gasteiger partial charge in [0, 0.05) is 10.9 Å². The highest BCUT2D eigenvalue weighted by molar-refractivity contribution is 5.82. The van der Waals surface area contributed by atoms with Crippen molar-refractivity contribution in [3.8, 4) is 5.88 Å². The van der Waals surface area contributed by atoms with Crippen molar-refractivity contribution in [1.82, 2.24) is 4.98 Å². The average Bonchev–Trinajstić information content (AvgIpc) is 2.27. The van der Waals surface area contributed by atoms with Crippen LogP contribution in [0.1, 0.15) is 5.56 Å². The number of benzene rings is 1. The Morgan fingerprint density at radius 2 is 2.14 bits per heavy atom. The van der Waals surface area contributed by atoms with Crippen LogP contribution in [0.25, 0.3) is 17.0 Å². The molecule has 0 fully saturated rings. The van der Waals surface area contributed by atoms with Crippen molar-refractivity contribution >= 4 is 17.0 Å². The Bertz CT molecular complexity index is 477. The molecule has 0 atom stereocenters. The van der Waals surface area contributed by atoms with Gasteiger partial charge in [0.1, 0.15) is 0 Å². The fraction of sp³-hybridized carbons (Fsp3) is 0.0833. The van der Waals surface area contributed by atoms with Crippen molar-refractivity contribution in [3.63, 3.8) is 0 Å². The molecule has 1 aromatic carbocycles. The molecule has 0 amide bonds. The van der Waals surface area contributed by atoms with E-state index in [0.717, 1.165) is 16.5 Å². The smallest absolute Gasteiger partial charge is 0.221 e. The van der Waals surface area contributed by atoms with E-state index in [1.165, 1.54) is 0 Å². The second kappa shape index (κ2) is 3.50. The molecule has 0 aliphatic carbocycles. The lowest BCUT2D eigenvalue weighted by atomic mass is 10.1. The first-order valence-electron chi connectivity index (χ1n) is 4.41. The summed E-state index contributed by atoms with van der Waals surface area (Å²) in [6.07, 6.45) is 1.75. The quantitative estimate of drug-likeness (QED) is 0.717. The summed E-state index contributed by atoms with van der Waals surface area (Å²) in [6, 6.07) is 9.96. The number of pyridine rings is 1. The summed E-state index contributed by atoms with van der Waals surface area (Å²) >= 11 is 0. The van der Waals surface area contributed by atoms with E-state index in [1.807, 2.05) is 30.3 Å². The fourth-order valence-electron chi connectivity index (χ4n) is 1.42. The van der Waals surface area contributed by atoms with Crippen molar-refractivity contribution < 1.29 is 4.74 Å². The molecule has 1 heterocycles. The lowest BCUT2D eigenvalue weighted by molar-refractivity contribution is 0.398. The minimum absolute atomic E-state index is 0.624. The lowest BCUT2D eigenvalue weighted by Crippen LogP contribution is -1.91. The van der Waals surface area contributed by atoms with E-state index in [2.05, 4.69) is 11.6 Å². The molecule has 2 nitrogen and oxygen atoms in total. The number of hydrogen-bond acceptors (Lipinski definition) is 2. The topological polar surface area (TPSA) is 22.1 Å². The molecule has 0 saturated carbocycles. The normalized spacial score (nSPS) is 10.1. The molecular weight excluding hydrogens is 174 g/mol. The van der Waals surface area contributed by atoms with Gasteiger partial charge in [0.15, 0.2) is 0 Å². The number of aromatic nitrogens is 1. The summed E-state index contributed by atoms with van der Waals surface area (Å²) in [5, 5.41) is 1.10. The highest BCUT2D eigenvalue weighted by Crippen LogP contribution is 2.22. The van der Waals surface area contributed by atoms with Gasteiger partial charge in [-0.05, 0) is 12.1 Å². The summed E-state index contributed by atoms with van der Waals surface area (Å²) in [6.45, 7) is 3.73. The van der Waals surface area contributed by atoms with Crippen LogP contribution < -0.4 is 4.74 Å². The van der Waals surface area contributed by atoms with Gasteiger partial charge >= 0.3 is 0 Å². The summed E-state index contributed by atoms with van der Waals surface area (Å²) in [5.41, 5.74) is 1.86. The molecule has 0 N–H and O–H groups in total. The standard InChI is InChI=1S/C12H11NO/c1-3-9-8-10-6-4-5-7-11(10)13-12(9)14-2/h3-8H,1H2,2H3. The van der Waals surface area contributed by atoms with Gasteiger partial charge in [0.05, 0.1) is 12.6 Å². The summed E-state index contributed by atoms with van der Waals surface area (Å²) < 4.78 is 5.16. The maximum absolute atomic E-state index is 5.16. The van der Waals surface area contributed by atoms with Crippen LogP contribution in [0.5, 0.6) is 5.88 Å². The van der Waals surface area contributed by atoms with E-state index >= 15 is 0 Å². The van der Waals surface area contributed by atoms with Crippen LogP contribution >= 0.6 is 0 Å². The zero-order valence-electron chi connectivity index (χ0n) is 8.03. The Kier molecular flexibility index (Phi) is 2.19. The Labute approximate surface area is 82.9 Å². The molecule has 0 spiro atoms. The molecular formula is C12H11NO. The molecule has 2 rings (SSSR count). The van der Waals surface area contributed by atoms with Gasteiger partial charge < -0.3 is 4.74 Å². The molecule has 1 aromatic heterocycles. The van der Waals surface area contributed by atoms with Crippen LogP contribution in [0.15, 0.2) is 36.9 Å². The van der Waals surface area contributed by atoms with Gasteiger partial charge in [-0.3, -0.25) is 0 Å². The maximum Gasteiger partial charge on any atom is 0.221 e. The first-order chi connectivity index (χ1) is 6.85. The van der Waals surface area contributed by atoms with Gasteiger partial charge in [-0.25, -0.2) is 4.98 Å². The van der Waals surface area contributed by atoms with Crippen LogP contribution in [0.4, 0.5) is 0 Å². The monoisotopic (exact) mass is 185 g/mol. The molecule has 2 heteroatoms. The predicted molar refractivity (Wildman–Crippen MR) is 58.4 cm³/mol. The molecule has 14 heavy (non-hydrogen) atoms. The molecule has 0 aliphatic rings. The first-order valence-corrected chi connectivity index (χ1v) is 4.41. The van der Waals surface area contributed by atoms with Crippen molar-refractivity contribution in [2.45, 2.75) is 0 Å². The minimum atomic E-state index is 0.624. The maximum atomic E-state index is 5.16. The number of methoxy groups -OCH3 is 1. The third-order valence-corrected chi connectivity index (χ3v) is 2.13. The van der Waals surface area contributed by atoms with Gasteiger partial charge in [0.25, 0.3) is 0 Å². The SMILES string of the molecule is C=Cc1cc2ccccc2nc1OC. The molecule has 0 aliphatic heterocycles. The van der Waals surface area contributed by atoms with Crippen molar-refractivity contribution in [1.29, 1.82) is 0 Å². The number of para-hydroxylation sites is 1. The molecule has 0 saturated heterocycles. The second-order valence-corrected chi connectivity index (χ2v) is 2.98. The molecule has 70 valence electrons. The molecule has 0 unspecified atom stereocenters. The third-order valence-electron chi connectivity index (χ3n) is 2.13. The van der Waals surface area contributed by atoms with Gasteiger partial charge in [-0.1, -0.05) is 30.9 Å². The van der Waals surface area contributed by atoms with Crippen LogP contribution in [0.3, 0.4) is 0 Å². The number of ether oxygens (including phenoxy) is 1. The zero-order chi connectivity index (χ0) is 9.97. The van der Waals surface area contributed by atoms with Crippen LogP contribution in [-0.2, 0) is 0 Å². The fourth-order valence-corrected chi connectivity index (χ4v) is 1.42. The van der Waals surface area contributed by atoms with E-state index in [1.54, 1.807) is 13.2 Å². The van der Waals surface area contributed by atoms with Crippen LogP contribution in [-0.4, -0.2) is 12.1 Å².